The second-order valence-corrected chi connectivity index (χ2v) is 5.03. The monoisotopic (exact) mass is 302 g/mol. The molecule has 0 aliphatic heterocycles. The molecule has 1 fully saturated rings. The van der Waals surface area contributed by atoms with Gasteiger partial charge in [-0.2, -0.15) is 10.4 Å². The lowest BCUT2D eigenvalue weighted by molar-refractivity contribution is 0.384. The number of hydrogen-bond acceptors (Lipinski definition) is 3. The highest BCUT2D eigenvalue weighted by Gasteiger charge is 2.43. The van der Waals surface area contributed by atoms with Gasteiger partial charge >= 0.3 is 0 Å². The van der Waals surface area contributed by atoms with Gasteiger partial charge in [0, 0.05) is 6.20 Å². The van der Waals surface area contributed by atoms with Crippen LogP contribution in [0.2, 0.25) is 0 Å². The lowest BCUT2D eigenvalue weighted by atomic mass is 9.97. The van der Waals surface area contributed by atoms with Crippen molar-refractivity contribution in [1.29, 1.82) is 5.26 Å². The van der Waals surface area contributed by atoms with Gasteiger partial charge in [-0.25, -0.2) is 0 Å². The van der Waals surface area contributed by atoms with Crippen LogP contribution in [0.5, 0.6) is 0 Å². The van der Waals surface area contributed by atoms with Gasteiger partial charge in [0.2, 0.25) is 0 Å². The molecule has 1 saturated carbocycles. The van der Waals surface area contributed by atoms with E-state index < -0.39 is 5.54 Å². The van der Waals surface area contributed by atoms with Gasteiger partial charge in [0.05, 0.1) is 22.4 Å². The third-order valence-corrected chi connectivity index (χ3v) is 3.10. The van der Waals surface area contributed by atoms with Crippen LogP contribution in [0.3, 0.4) is 0 Å². The summed E-state index contributed by atoms with van der Waals surface area (Å²) in [5.74, 6) is 0.356. The predicted molar refractivity (Wildman–Crippen MR) is 60.2 cm³/mol. The molecule has 0 radical (unpaired) electrons. The highest BCUT2D eigenvalue weighted by molar-refractivity contribution is 14.1. The van der Waals surface area contributed by atoms with Gasteiger partial charge in [-0.1, -0.05) is 0 Å². The summed E-state index contributed by atoms with van der Waals surface area (Å²) < 4.78 is 2.82. The molecule has 2 rings (SSSR count). The Morgan fingerprint density at radius 3 is 2.93 bits per heavy atom. The Morgan fingerprint density at radius 1 is 1.79 bits per heavy atom. The zero-order valence-electron chi connectivity index (χ0n) is 7.65. The summed E-state index contributed by atoms with van der Waals surface area (Å²) in [6.07, 6.45) is 5.82. The van der Waals surface area contributed by atoms with Crippen molar-refractivity contribution in [3.8, 4) is 6.07 Å². The molecule has 1 aliphatic carbocycles. The van der Waals surface area contributed by atoms with Crippen LogP contribution in [0.1, 0.15) is 12.8 Å². The van der Waals surface area contributed by atoms with Crippen molar-refractivity contribution in [3.05, 3.63) is 16.0 Å². The summed E-state index contributed by atoms with van der Waals surface area (Å²) in [4.78, 5) is 0. The minimum absolute atomic E-state index is 0.356. The Labute approximate surface area is 96.2 Å². The van der Waals surface area contributed by atoms with Gasteiger partial charge in [-0.3, -0.25) is 4.68 Å². The van der Waals surface area contributed by atoms with Crippen molar-refractivity contribution in [2.24, 2.45) is 11.7 Å². The molecule has 0 aromatic carbocycles. The molecule has 14 heavy (non-hydrogen) atoms. The Balaban J connectivity index is 2.12. The average molecular weight is 302 g/mol. The smallest absolute Gasteiger partial charge is 0.126 e. The van der Waals surface area contributed by atoms with E-state index in [9.17, 15) is 0 Å². The topological polar surface area (TPSA) is 67.6 Å². The molecule has 0 amide bonds. The molecule has 0 spiro atoms. The van der Waals surface area contributed by atoms with Crippen LogP contribution in [0.15, 0.2) is 12.4 Å². The van der Waals surface area contributed by atoms with Crippen molar-refractivity contribution in [2.45, 2.75) is 24.9 Å². The average Bonchev–Trinajstić information content (AvgIpc) is 2.93. The first-order valence-corrected chi connectivity index (χ1v) is 5.60. The van der Waals surface area contributed by atoms with E-state index in [2.05, 4.69) is 33.8 Å². The molecular weight excluding hydrogens is 291 g/mol. The third kappa shape index (κ3) is 1.91. The number of nitrogens with two attached hydrogens (primary N) is 1. The van der Waals surface area contributed by atoms with Gasteiger partial charge in [0.25, 0.3) is 0 Å². The first kappa shape index (κ1) is 9.93. The van der Waals surface area contributed by atoms with Crippen LogP contribution in [-0.2, 0) is 6.54 Å². The predicted octanol–water partition coefficient (Wildman–Crippen LogP) is 1.12. The molecule has 74 valence electrons. The second-order valence-electron chi connectivity index (χ2n) is 3.78. The van der Waals surface area contributed by atoms with Crippen molar-refractivity contribution in [1.82, 2.24) is 9.78 Å². The van der Waals surface area contributed by atoms with E-state index in [4.69, 9.17) is 11.0 Å². The molecule has 1 aliphatic rings. The van der Waals surface area contributed by atoms with E-state index in [0.717, 1.165) is 16.4 Å². The lowest BCUT2D eigenvalue weighted by Crippen LogP contribution is -2.45. The fraction of sp³-hybridized carbons (Fsp3) is 0.556. The van der Waals surface area contributed by atoms with E-state index in [0.29, 0.717) is 12.5 Å². The molecule has 1 unspecified atom stereocenters. The normalized spacial score (nSPS) is 20.1. The highest BCUT2D eigenvalue weighted by atomic mass is 127. The van der Waals surface area contributed by atoms with Crippen LogP contribution in [0, 0.1) is 20.8 Å². The summed E-state index contributed by atoms with van der Waals surface area (Å²) in [7, 11) is 0. The molecule has 1 atom stereocenters. The number of nitrogens with zero attached hydrogens (tertiary/aromatic N) is 3. The molecular formula is C9H11IN4. The molecule has 1 heterocycles. The minimum Gasteiger partial charge on any atom is -0.312 e. The van der Waals surface area contributed by atoms with Crippen molar-refractivity contribution in [2.75, 3.05) is 0 Å². The molecule has 4 nitrogen and oxygen atoms in total. The lowest BCUT2D eigenvalue weighted by Gasteiger charge is -2.20. The quantitative estimate of drug-likeness (QED) is 0.851. The zero-order chi connectivity index (χ0) is 10.2. The molecule has 0 saturated heterocycles. The summed E-state index contributed by atoms with van der Waals surface area (Å²) >= 11 is 2.19. The van der Waals surface area contributed by atoms with Crippen LogP contribution >= 0.6 is 22.6 Å². The van der Waals surface area contributed by atoms with Gasteiger partial charge < -0.3 is 5.73 Å². The van der Waals surface area contributed by atoms with E-state index in [1.807, 2.05) is 6.20 Å². The summed E-state index contributed by atoms with van der Waals surface area (Å²) in [5.41, 5.74) is 5.29. The third-order valence-electron chi connectivity index (χ3n) is 2.54. The Hall–Kier alpha value is -0.610. The number of rotatable bonds is 3. The highest BCUT2D eigenvalue weighted by Crippen LogP contribution is 2.38. The summed E-state index contributed by atoms with van der Waals surface area (Å²) in [6.45, 7) is 0.497. The number of hydrogen-bond donors (Lipinski definition) is 1. The van der Waals surface area contributed by atoms with Gasteiger partial charge in [0.1, 0.15) is 5.54 Å². The SMILES string of the molecule is N#CC(N)(Cn1cc(I)cn1)C1CC1. The van der Waals surface area contributed by atoms with Crippen LogP contribution in [-0.4, -0.2) is 15.3 Å². The summed E-state index contributed by atoms with van der Waals surface area (Å²) in [5, 5.41) is 13.2. The number of nitriles is 1. The van der Waals surface area contributed by atoms with Gasteiger partial charge in [-0.05, 0) is 41.4 Å². The first-order chi connectivity index (χ1) is 6.64. The van der Waals surface area contributed by atoms with E-state index in [-0.39, 0.29) is 0 Å². The maximum absolute atomic E-state index is 9.05. The molecule has 1 aromatic heterocycles. The Morgan fingerprint density at radius 2 is 2.50 bits per heavy atom. The van der Waals surface area contributed by atoms with Gasteiger partial charge in [0.15, 0.2) is 0 Å². The maximum Gasteiger partial charge on any atom is 0.126 e. The zero-order valence-corrected chi connectivity index (χ0v) is 9.81. The summed E-state index contributed by atoms with van der Waals surface area (Å²) in [6, 6.07) is 2.21. The Bertz CT molecular complexity index is 376. The molecule has 1 aromatic rings. The van der Waals surface area contributed by atoms with Crippen LogP contribution in [0.4, 0.5) is 0 Å². The molecule has 0 bridgehead atoms. The number of aromatic nitrogens is 2. The fourth-order valence-electron chi connectivity index (χ4n) is 1.55. The fourth-order valence-corrected chi connectivity index (χ4v) is 1.99. The van der Waals surface area contributed by atoms with E-state index in [1.165, 1.54) is 0 Å². The first-order valence-electron chi connectivity index (χ1n) is 4.52. The molecule has 5 heteroatoms. The van der Waals surface area contributed by atoms with E-state index in [1.54, 1.807) is 10.9 Å². The Kier molecular flexibility index (Phi) is 2.49. The molecule has 2 N–H and O–H groups in total. The van der Waals surface area contributed by atoms with Crippen molar-refractivity contribution in [3.63, 3.8) is 0 Å². The van der Waals surface area contributed by atoms with Gasteiger partial charge in [-0.15, -0.1) is 0 Å². The van der Waals surface area contributed by atoms with Crippen molar-refractivity contribution >= 4 is 22.6 Å². The second kappa shape index (κ2) is 3.51. The largest absolute Gasteiger partial charge is 0.312 e. The van der Waals surface area contributed by atoms with Crippen LogP contribution < -0.4 is 5.73 Å². The van der Waals surface area contributed by atoms with Crippen LogP contribution in [0.25, 0.3) is 0 Å². The number of halogens is 1. The van der Waals surface area contributed by atoms with E-state index >= 15 is 0 Å². The van der Waals surface area contributed by atoms with Crippen molar-refractivity contribution < 1.29 is 0 Å². The standard InChI is InChI=1S/C9H11IN4/c10-8-3-13-14(4-8)6-9(12,5-11)7-1-2-7/h3-4,7H,1-2,6,12H2. The minimum atomic E-state index is -0.727. The maximum atomic E-state index is 9.05.